The van der Waals surface area contributed by atoms with E-state index in [2.05, 4.69) is 10.9 Å². The summed E-state index contributed by atoms with van der Waals surface area (Å²) in [4.78, 5) is 0. The second-order valence-corrected chi connectivity index (χ2v) is 2.59. The van der Waals surface area contributed by atoms with Crippen LogP contribution < -0.4 is 10.9 Å². The molecule has 0 spiro atoms. The van der Waals surface area contributed by atoms with Gasteiger partial charge in [-0.1, -0.05) is 0 Å². The van der Waals surface area contributed by atoms with Gasteiger partial charge >= 0.3 is 0 Å². The second-order valence-electron chi connectivity index (χ2n) is 2.59. The molecule has 0 atom stereocenters. The molecule has 0 radical (unpaired) electrons. The molecular weight excluding hydrogens is 114 g/mol. The van der Waals surface area contributed by atoms with Crippen molar-refractivity contribution in [3.63, 3.8) is 0 Å². The van der Waals surface area contributed by atoms with Gasteiger partial charge in [0.2, 0.25) is 0 Å². The Bertz CT molecular complexity index is 146. The highest BCUT2D eigenvalue weighted by atomic mass is 15.7. The Morgan fingerprint density at radius 2 is 1.78 bits per heavy atom. The molecule has 2 N–H and O–H groups in total. The van der Waals surface area contributed by atoms with Crippen molar-refractivity contribution in [1.82, 2.24) is 16.0 Å². The Hall–Kier alpha value is -0.700. The molecule has 1 aliphatic heterocycles. The second kappa shape index (κ2) is 1.64. The van der Waals surface area contributed by atoms with E-state index in [9.17, 15) is 0 Å². The van der Waals surface area contributed by atoms with Crippen molar-refractivity contribution in [1.29, 1.82) is 0 Å². The van der Waals surface area contributed by atoms with Gasteiger partial charge < -0.3 is 10.9 Å². The molecular formula is C6H11N3. The Kier molecular flexibility index (Phi) is 0.931. The van der Waals surface area contributed by atoms with Gasteiger partial charge in [0.25, 0.3) is 0 Å². The zero-order valence-corrected chi connectivity index (χ0v) is 5.57. The summed E-state index contributed by atoms with van der Waals surface area (Å²) in [5, 5.41) is 1.91. The predicted octanol–water partition coefficient (Wildman–Crippen LogP) is 0.336. The monoisotopic (exact) mass is 125 g/mol. The Balaban J connectivity index is 2.15. The highest BCUT2D eigenvalue weighted by Crippen LogP contribution is 2.24. The first-order valence-corrected chi connectivity index (χ1v) is 3.35. The van der Waals surface area contributed by atoms with E-state index in [0.29, 0.717) is 0 Å². The molecule has 0 aromatic carbocycles. The van der Waals surface area contributed by atoms with Crippen LogP contribution >= 0.6 is 0 Å². The van der Waals surface area contributed by atoms with E-state index in [0.717, 1.165) is 0 Å². The first-order chi connectivity index (χ1) is 4.36. The number of allylic oxidation sites excluding steroid dienone is 2. The summed E-state index contributed by atoms with van der Waals surface area (Å²) >= 11 is 0. The van der Waals surface area contributed by atoms with E-state index in [1.54, 1.807) is 0 Å². The first-order valence-electron chi connectivity index (χ1n) is 3.35. The number of nitrogens with one attached hydrogen (secondary N) is 2. The molecule has 0 aromatic rings. The van der Waals surface area contributed by atoms with Crippen molar-refractivity contribution in [2.75, 3.05) is 7.05 Å². The summed E-state index contributed by atoms with van der Waals surface area (Å²) in [5.74, 6) is 0. The molecule has 50 valence electrons. The third kappa shape index (κ3) is 0.685. The van der Waals surface area contributed by atoms with E-state index >= 15 is 0 Å². The number of rotatable bonds is 0. The van der Waals surface area contributed by atoms with Crippen LogP contribution in [0.25, 0.3) is 0 Å². The molecule has 3 heteroatoms. The van der Waals surface area contributed by atoms with Crippen molar-refractivity contribution < 1.29 is 0 Å². The van der Waals surface area contributed by atoms with E-state index < -0.39 is 0 Å². The average molecular weight is 125 g/mol. The third-order valence-corrected chi connectivity index (χ3v) is 1.82. The molecule has 0 saturated heterocycles. The number of hydrazine groups is 2. The van der Waals surface area contributed by atoms with E-state index in [4.69, 9.17) is 0 Å². The van der Waals surface area contributed by atoms with Gasteiger partial charge in [0.05, 0.1) is 0 Å². The van der Waals surface area contributed by atoms with Crippen LogP contribution in [0.1, 0.15) is 19.3 Å². The van der Waals surface area contributed by atoms with Crippen molar-refractivity contribution in [2.24, 2.45) is 0 Å². The molecule has 0 bridgehead atoms. The molecule has 0 unspecified atom stereocenters. The smallest absolute Gasteiger partial charge is 0.0485 e. The highest BCUT2D eigenvalue weighted by molar-refractivity contribution is 5.18. The summed E-state index contributed by atoms with van der Waals surface area (Å²) in [5.41, 5.74) is 9.21. The van der Waals surface area contributed by atoms with Crippen LogP contribution in [-0.4, -0.2) is 12.2 Å². The molecule has 0 saturated carbocycles. The zero-order valence-electron chi connectivity index (χ0n) is 5.57. The largest absolute Gasteiger partial charge is 0.304 e. The fourth-order valence-corrected chi connectivity index (χ4v) is 1.42. The summed E-state index contributed by atoms with van der Waals surface area (Å²) < 4.78 is 0. The van der Waals surface area contributed by atoms with Crippen molar-refractivity contribution in [3.05, 3.63) is 11.4 Å². The van der Waals surface area contributed by atoms with Crippen molar-refractivity contribution in [2.45, 2.75) is 19.3 Å². The lowest BCUT2D eigenvalue weighted by Gasteiger charge is -2.12. The van der Waals surface area contributed by atoms with Gasteiger partial charge in [-0.05, 0) is 19.3 Å². The number of nitrogens with zero attached hydrogens (tertiary/aromatic N) is 1. The minimum Gasteiger partial charge on any atom is -0.304 e. The van der Waals surface area contributed by atoms with Crippen molar-refractivity contribution in [3.8, 4) is 0 Å². The minimum absolute atomic E-state index is 1.21. The quantitative estimate of drug-likeness (QED) is 0.488. The van der Waals surface area contributed by atoms with Crippen LogP contribution in [0.3, 0.4) is 0 Å². The molecule has 2 aliphatic rings. The summed E-state index contributed by atoms with van der Waals surface area (Å²) in [7, 11) is 1.98. The number of hydrogen-bond donors (Lipinski definition) is 2. The van der Waals surface area contributed by atoms with Crippen LogP contribution in [-0.2, 0) is 0 Å². The lowest BCUT2D eigenvalue weighted by molar-refractivity contribution is 0.227. The van der Waals surface area contributed by atoms with Gasteiger partial charge in [-0.15, -0.1) is 5.12 Å². The fraction of sp³-hybridized carbons (Fsp3) is 0.667. The first kappa shape index (κ1) is 5.11. The molecule has 0 amide bonds. The molecule has 0 fully saturated rings. The van der Waals surface area contributed by atoms with Crippen molar-refractivity contribution >= 4 is 0 Å². The summed E-state index contributed by atoms with van der Waals surface area (Å²) in [6, 6.07) is 0. The lowest BCUT2D eigenvalue weighted by atomic mass is 10.3. The topological polar surface area (TPSA) is 27.3 Å². The number of hydrogen-bond acceptors (Lipinski definition) is 3. The van der Waals surface area contributed by atoms with Gasteiger partial charge in [0.15, 0.2) is 0 Å². The molecule has 0 aromatic heterocycles. The summed E-state index contributed by atoms with van der Waals surface area (Å²) in [6.07, 6.45) is 3.73. The Morgan fingerprint density at radius 1 is 1.22 bits per heavy atom. The lowest BCUT2D eigenvalue weighted by Crippen LogP contribution is -2.36. The van der Waals surface area contributed by atoms with Gasteiger partial charge in [0.1, 0.15) is 0 Å². The zero-order chi connectivity index (χ0) is 6.27. The van der Waals surface area contributed by atoms with E-state index in [-0.39, 0.29) is 0 Å². The fourth-order valence-electron chi connectivity index (χ4n) is 1.42. The van der Waals surface area contributed by atoms with Crippen LogP contribution in [0.15, 0.2) is 11.4 Å². The SMILES string of the molecule is CN1NC2=C(CCC2)N1. The normalized spacial score (nSPS) is 25.9. The van der Waals surface area contributed by atoms with Gasteiger partial charge in [-0.3, -0.25) is 0 Å². The van der Waals surface area contributed by atoms with Gasteiger partial charge in [0, 0.05) is 18.4 Å². The molecule has 1 heterocycles. The standard InChI is InChI=1S/C6H11N3/c1-9-7-5-3-2-4-6(5)8-9/h7-8H,2-4H2,1H3. The molecule has 3 nitrogen and oxygen atoms in total. The maximum absolute atomic E-state index is 3.22. The maximum atomic E-state index is 3.22. The van der Waals surface area contributed by atoms with Crippen LogP contribution in [0, 0.1) is 0 Å². The van der Waals surface area contributed by atoms with E-state index in [1.165, 1.54) is 30.7 Å². The molecule has 1 aliphatic carbocycles. The Labute approximate surface area is 54.7 Å². The predicted molar refractivity (Wildman–Crippen MR) is 34.9 cm³/mol. The van der Waals surface area contributed by atoms with E-state index in [1.807, 2.05) is 12.2 Å². The van der Waals surface area contributed by atoms with Gasteiger partial charge in [-0.2, -0.15) is 0 Å². The average Bonchev–Trinajstić information content (AvgIpc) is 2.22. The maximum Gasteiger partial charge on any atom is 0.0485 e. The van der Waals surface area contributed by atoms with Gasteiger partial charge in [-0.25, -0.2) is 0 Å². The Morgan fingerprint density at radius 3 is 2.33 bits per heavy atom. The minimum atomic E-state index is 1.21. The van der Waals surface area contributed by atoms with Crippen LogP contribution in [0.5, 0.6) is 0 Å². The van der Waals surface area contributed by atoms with Crippen LogP contribution in [0.2, 0.25) is 0 Å². The molecule has 2 rings (SSSR count). The summed E-state index contributed by atoms with van der Waals surface area (Å²) in [6.45, 7) is 0. The highest BCUT2D eigenvalue weighted by Gasteiger charge is 2.21. The third-order valence-electron chi connectivity index (χ3n) is 1.82. The molecule has 9 heavy (non-hydrogen) atoms. The van der Waals surface area contributed by atoms with Crippen LogP contribution in [0.4, 0.5) is 0 Å².